The third-order valence-corrected chi connectivity index (χ3v) is 7.56. The molecule has 5 rings (SSSR count). The summed E-state index contributed by atoms with van der Waals surface area (Å²) in [6.45, 7) is 5.16. The maximum Gasteiger partial charge on any atom is 0.265 e. The zero-order valence-electron chi connectivity index (χ0n) is 19.6. The van der Waals surface area contributed by atoms with Crippen molar-refractivity contribution in [2.45, 2.75) is 19.4 Å². The molecule has 3 aromatic rings. The lowest BCUT2D eigenvalue weighted by Crippen LogP contribution is -2.46. The fourth-order valence-corrected chi connectivity index (χ4v) is 5.39. The van der Waals surface area contributed by atoms with Crippen LogP contribution < -0.4 is 10.2 Å². The number of thiophene rings is 1. The van der Waals surface area contributed by atoms with Gasteiger partial charge in [0.1, 0.15) is 5.82 Å². The molecule has 0 atom stereocenters. The summed E-state index contributed by atoms with van der Waals surface area (Å²) in [4.78, 5) is 33.0. The van der Waals surface area contributed by atoms with Crippen LogP contribution in [-0.4, -0.2) is 60.9 Å². The lowest BCUT2D eigenvalue weighted by atomic mass is 10.1. The number of hydrogen-bond acceptors (Lipinski definition) is 5. The molecular formula is C27H29FN4O2S. The topological polar surface area (TPSA) is 55.9 Å². The number of carbonyl (C=O) groups is 2. The Bertz CT molecular complexity index is 1190. The van der Waals surface area contributed by atoms with Crippen molar-refractivity contribution in [3.8, 4) is 0 Å². The number of carbonyl (C=O) groups excluding carboxylic acids is 2. The van der Waals surface area contributed by atoms with Crippen LogP contribution in [0.15, 0.2) is 60.0 Å². The lowest BCUT2D eigenvalue weighted by Gasteiger charge is -2.37. The standard InChI is InChI=1S/C27H29FN4O2S/c28-23-7-2-1-6-20(23)19-30-13-15-31(16-14-30)24-10-9-21(29-26(33)25-8-5-17-35-25)18-22(24)27(34)32-11-3-4-12-32/h1-2,5-10,17-18H,3-4,11-16,19H2,(H,29,33). The Balaban J connectivity index is 1.33. The van der Waals surface area contributed by atoms with Crippen LogP contribution in [0.4, 0.5) is 15.8 Å². The highest BCUT2D eigenvalue weighted by Crippen LogP contribution is 2.29. The normalized spacial score (nSPS) is 16.5. The Kier molecular flexibility index (Phi) is 7.11. The fourth-order valence-electron chi connectivity index (χ4n) is 4.77. The Labute approximate surface area is 209 Å². The fraction of sp³-hybridized carbons (Fsp3) is 0.333. The van der Waals surface area contributed by atoms with Crippen LogP contribution in [0.5, 0.6) is 0 Å². The van der Waals surface area contributed by atoms with E-state index in [1.165, 1.54) is 17.4 Å². The molecule has 0 radical (unpaired) electrons. The summed E-state index contributed by atoms with van der Waals surface area (Å²) >= 11 is 1.38. The van der Waals surface area contributed by atoms with Crippen molar-refractivity contribution in [2.24, 2.45) is 0 Å². The zero-order valence-corrected chi connectivity index (χ0v) is 20.4. The molecule has 2 saturated heterocycles. The highest BCUT2D eigenvalue weighted by molar-refractivity contribution is 7.12. The molecule has 0 unspecified atom stereocenters. The Morgan fingerprint density at radius 2 is 1.69 bits per heavy atom. The largest absolute Gasteiger partial charge is 0.368 e. The Morgan fingerprint density at radius 3 is 2.40 bits per heavy atom. The van der Waals surface area contributed by atoms with Crippen molar-refractivity contribution in [3.63, 3.8) is 0 Å². The van der Waals surface area contributed by atoms with E-state index in [0.717, 1.165) is 57.8 Å². The third-order valence-electron chi connectivity index (χ3n) is 6.69. The smallest absolute Gasteiger partial charge is 0.265 e. The van der Waals surface area contributed by atoms with E-state index in [9.17, 15) is 14.0 Å². The van der Waals surface area contributed by atoms with E-state index in [2.05, 4.69) is 15.1 Å². The third kappa shape index (κ3) is 5.39. The molecule has 0 spiro atoms. The number of hydrogen-bond donors (Lipinski definition) is 1. The van der Waals surface area contributed by atoms with E-state index in [1.807, 2.05) is 46.7 Å². The second-order valence-electron chi connectivity index (χ2n) is 9.02. The summed E-state index contributed by atoms with van der Waals surface area (Å²) in [6, 6.07) is 16.2. The van der Waals surface area contributed by atoms with Gasteiger partial charge in [-0.25, -0.2) is 4.39 Å². The van der Waals surface area contributed by atoms with Crippen molar-refractivity contribution >= 4 is 34.5 Å². The van der Waals surface area contributed by atoms with Gasteiger partial charge in [-0.05, 0) is 48.6 Å². The molecule has 1 aromatic heterocycles. The van der Waals surface area contributed by atoms with E-state index >= 15 is 0 Å². The molecule has 2 fully saturated rings. The minimum Gasteiger partial charge on any atom is -0.368 e. The second kappa shape index (κ2) is 10.6. The summed E-state index contributed by atoms with van der Waals surface area (Å²) in [5, 5.41) is 4.81. The summed E-state index contributed by atoms with van der Waals surface area (Å²) in [5.41, 5.74) is 2.84. The summed E-state index contributed by atoms with van der Waals surface area (Å²) in [7, 11) is 0. The minimum atomic E-state index is -0.173. The van der Waals surface area contributed by atoms with Gasteiger partial charge in [-0.3, -0.25) is 14.5 Å². The van der Waals surface area contributed by atoms with Crippen molar-refractivity contribution < 1.29 is 14.0 Å². The van der Waals surface area contributed by atoms with Gasteiger partial charge in [-0.15, -0.1) is 11.3 Å². The SMILES string of the molecule is O=C(Nc1ccc(N2CCN(Cc3ccccc3F)CC2)c(C(=O)N2CCCC2)c1)c1cccs1. The second-order valence-corrected chi connectivity index (χ2v) is 9.96. The first-order valence-electron chi connectivity index (χ1n) is 12.1. The first-order chi connectivity index (χ1) is 17.1. The molecule has 8 heteroatoms. The number of nitrogens with one attached hydrogen (secondary N) is 1. The summed E-state index contributed by atoms with van der Waals surface area (Å²) in [6.07, 6.45) is 2.04. The van der Waals surface area contributed by atoms with Crippen LogP contribution in [0.25, 0.3) is 0 Å². The van der Waals surface area contributed by atoms with Gasteiger partial charge in [0.05, 0.1) is 10.4 Å². The van der Waals surface area contributed by atoms with Gasteiger partial charge in [0.2, 0.25) is 0 Å². The molecule has 2 amide bonds. The van der Waals surface area contributed by atoms with E-state index in [4.69, 9.17) is 0 Å². The van der Waals surface area contributed by atoms with Gasteiger partial charge < -0.3 is 15.1 Å². The van der Waals surface area contributed by atoms with Crippen LogP contribution in [0.1, 0.15) is 38.4 Å². The Hall–Kier alpha value is -3.23. The van der Waals surface area contributed by atoms with Gasteiger partial charge in [0.25, 0.3) is 11.8 Å². The van der Waals surface area contributed by atoms with Gasteiger partial charge >= 0.3 is 0 Å². The van der Waals surface area contributed by atoms with Crippen LogP contribution in [0.3, 0.4) is 0 Å². The zero-order chi connectivity index (χ0) is 24.2. The van der Waals surface area contributed by atoms with E-state index < -0.39 is 0 Å². The number of anilines is 2. The summed E-state index contributed by atoms with van der Waals surface area (Å²) in [5.74, 6) is -0.332. The first-order valence-corrected chi connectivity index (χ1v) is 13.0. The number of nitrogens with zero attached hydrogens (tertiary/aromatic N) is 3. The highest BCUT2D eigenvalue weighted by Gasteiger charge is 2.27. The monoisotopic (exact) mass is 492 g/mol. The van der Waals surface area contributed by atoms with Crippen LogP contribution in [0.2, 0.25) is 0 Å². The summed E-state index contributed by atoms with van der Waals surface area (Å²) < 4.78 is 14.1. The number of likely N-dealkylation sites (tertiary alicyclic amines) is 1. The molecule has 182 valence electrons. The highest BCUT2D eigenvalue weighted by atomic mass is 32.1. The first kappa shape index (κ1) is 23.5. The molecule has 0 bridgehead atoms. The van der Waals surface area contributed by atoms with Gasteiger partial charge in [-0.1, -0.05) is 24.3 Å². The maximum absolute atomic E-state index is 14.1. The van der Waals surface area contributed by atoms with E-state index in [-0.39, 0.29) is 17.6 Å². The molecule has 0 aliphatic carbocycles. The number of rotatable bonds is 6. The molecular weight excluding hydrogens is 463 g/mol. The number of piperazine rings is 1. The molecule has 6 nitrogen and oxygen atoms in total. The van der Waals surface area contributed by atoms with E-state index in [1.54, 1.807) is 12.1 Å². The molecule has 1 N–H and O–H groups in total. The van der Waals surface area contributed by atoms with Crippen molar-refractivity contribution in [3.05, 3.63) is 81.8 Å². The minimum absolute atomic E-state index is 0.0125. The number of benzene rings is 2. The van der Waals surface area contributed by atoms with Crippen molar-refractivity contribution in [1.82, 2.24) is 9.80 Å². The van der Waals surface area contributed by atoms with Crippen LogP contribution >= 0.6 is 11.3 Å². The van der Waals surface area contributed by atoms with Crippen molar-refractivity contribution in [1.29, 1.82) is 0 Å². The van der Waals surface area contributed by atoms with Crippen LogP contribution in [0, 0.1) is 5.82 Å². The molecule has 0 saturated carbocycles. The average molecular weight is 493 g/mol. The molecule has 2 aliphatic rings. The molecule has 2 aromatic carbocycles. The number of halogens is 1. The molecule has 2 aliphatic heterocycles. The average Bonchev–Trinajstić information content (AvgIpc) is 3.61. The number of amides is 2. The quantitative estimate of drug-likeness (QED) is 0.542. The predicted octanol–water partition coefficient (Wildman–Crippen LogP) is 4.70. The molecule has 35 heavy (non-hydrogen) atoms. The van der Waals surface area contributed by atoms with E-state index in [0.29, 0.717) is 28.2 Å². The Morgan fingerprint density at radius 1 is 0.914 bits per heavy atom. The maximum atomic E-state index is 14.1. The van der Waals surface area contributed by atoms with Crippen LogP contribution in [-0.2, 0) is 6.54 Å². The lowest BCUT2D eigenvalue weighted by molar-refractivity contribution is 0.0793. The van der Waals surface area contributed by atoms with Crippen molar-refractivity contribution in [2.75, 3.05) is 49.5 Å². The van der Waals surface area contributed by atoms with Gasteiger partial charge in [-0.2, -0.15) is 0 Å². The van der Waals surface area contributed by atoms with Gasteiger partial charge in [0, 0.05) is 62.8 Å². The molecule has 3 heterocycles. The van der Waals surface area contributed by atoms with Gasteiger partial charge in [0.15, 0.2) is 0 Å². The predicted molar refractivity (Wildman–Crippen MR) is 138 cm³/mol.